The summed E-state index contributed by atoms with van der Waals surface area (Å²) in [6.07, 6.45) is -1.93. The summed E-state index contributed by atoms with van der Waals surface area (Å²) in [5.74, 6) is -0.855. The maximum absolute atomic E-state index is 12.6. The van der Waals surface area contributed by atoms with Crippen LogP contribution >= 0.6 is 23.2 Å². The topological polar surface area (TPSA) is 39.2 Å². The van der Waals surface area contributed by atoms with Crippen LogP contribution in [-0.4, -0.2) is 17.6 Å². The molecule has 7 heteroatoms. The van der Waals surface area contributed by atoms with Crippen molar-refractivity contribution in [2.75, 3.05) is 6.61 Å². The Balaban J connectivity index is 3.23. The van der Waals surface area contributed by atoms with Gasteiger partial charge in [0.25, 0.3) is 6.43 Å². The van der Waals surface area contributed by atoms with Gasteiger partial charge in [0.15, 0.2) is 5.69 Å². The molecule has 3 nitrogen and oxygen atoms in total. The fourth-order valence-corrected chi connectivity index (χ4v) is 1.61. The van der Waals surface area contributed by atoms with Crippen molar-refractivity contribution in [1.29, 1.82) is 0 Å². The highest BCUT2D eigenvalue weighted by molar-refractivity contribution is 6.37. The van der Waals surface area contributed by atoms with E-state index in [0.29, 0.717) is 0 Å². The van der Waals surface area contributed by atoms with E-state index < -0.39 is 23.0 Å². The number of alkyl halides is 2. The maximum atomic E-state index is 12.6. The molecule has 0 aliphatic rings. The van der Waals surface area contributed by atoms with Crippen LogP contribution in [-0.2, 0) is 4.74 Å². The molecule has 0 N–H and O–H groups in total. The lowest BCUT2D eigenvalue weighted by molar-refractivity contribution is 0.0519. The number of rotatable bonds is 3. The molecule has 0 unspecified atom stereocenters. The van der Waals surface area contributed by atoms with Gasteiger partial charge in [-0.05, 0) is 6.92 Å². The molecule has 0 bridgehead atoms. The number of carbonyl (C=O) groups excluding carboxylic acids is 1. The first-order valence-electron chi connectivity index (χ1n) is 4.28. The standard InChI is InChI=1S/C9H7Cl2F2NO2/c1-2-16-9(15)7-6(11)5(8(12)13)4(10)3-14-7/h3,8H,2H2,1H3. The molecule has 1 aromatic heterocycles. The van der Waals surface area contributed by atoms with E-state index in [4.69, 9.17) is 23.2 Å². The molecule has 0 radical (unpaired) electrons. The summed E-state index contributed by atoms with van der Waals surface area (Å²) in [4.78, 5) is 14.9. The van der Waals surface area contributed by atoms with Crippen LogP contribution in [0.3, 0.4) is 0 Å². The molecular weight excluding hydrogens is 263 g/mol. The van der Waals surface area contributed by atoms with E-state index in [1.54, 1.807) is 6.92 Å². The molecule has 0 atom stereocenters. The van der Waals surface area contributed by atoms with Gasteiger partial charge in [0.2, 0.25) is 0 Å². The highest BCUT2D eigenvalue weighted by Gasteiger charge is 2.24. The van der Waals surface area contributed by atoms with E-state index in [0.717, 1.165) is 6.20 Å². The first-order chi connectivity index (χ1) is 7.49. The fourth-order valence-electron chi connectivity index (χ4n) is 1.02. The number of hydrogen-bond donors (Lipinski definition) is 0. The lowest BCUT2D eigenvalue weighted by Crippen LogP contribution is -2.09. The predicted octanol–water partition coefficient (Wildman–Crippen LogP) is 3.50. The van der Waals surface area contributed by atoms with Gasteiger partial charge in [0.1, 0.15) is 0 Å². The molecule has 0 aromatic carbocycles. The molecule has 88 valence electrons. The summed E-state index contributed by atoms with van der Waals surface area (Å²) in [5.41, 5.74) is -0.968. The van der Waals surface area contributed by atoms with E-state index in [2.05, 4.69) is 9.72 Å². The second-order valence-corrected chi connectivity index (χ2v) is 3.49. The molecule has 1 aromatic rings. The van der Waals surface area contributed by atoms with Crippen LogP contribution in [0.5, 0.6) is 0 Å². The summed E-state index contributed by atoms with van der Waals surface area (Å²) < 4.78 is 29.7. The average Bonchev–Trinajstić information content (AvgIpc) is 2.17. The van der Waals surface area contributed by atoms with Crippen LogP contribution in [0.2, 0.25) is 10.0 Å². The monoisotopic (exact) mass is 269 g/mol. The van der Waals surface area contributed by atoms with E-state index in [-0.39, 0.29) is 17.3 Å². The van der Waals surface area contributed by atoms with Gasteiger partial charge in [-0.15, -0.1) is 0 Å². The van der Waals surface area contributed by atoms with Gasteiger partial charge in [0.05, 0.1) is 22.2 Å². The zero-order valence-electron chi connectivity index (χ0n) is 8.14. The average molecular weight is 270 g/mol. The Kier molecular flexibility index (Phi) is 4.44. The van der Waals surface area contributed by atoms with Crippen molar-refractivity contribution >= 4 is 29.2 Å². The van der Waals surface area contributed by atoms with Crippen LogP contribution in [0, 0.1) is 0 Å². The van der Waals surface area contributed by atoms with Gasteiger partial charge in [-0.25, -0.2) is 18.6 Å². The molecule has 0 saturated carbocycles. The number of hydrogen-bond acceptors (Lipinski definition) is 3. The Morgan fingerprint density at radius 3 is 2.69 bits per heavy atom. The molecule has 16 heavy (non-hydrogen) atoms. The number of esters is 1. The molecule has 0 spiro atoms. The van der Waals surface area contributed by atoms with Crippen molar-refractivity contribution < 1.29 is 18.3 Å². The van der Waals surface area contributed by atoms with Crippen molar-refractivity contribution in [3.8, 4) is 0 Å². The minimum Gasteiger partial charge on any atom is -0.461 e. The molecule has 0 saturated heterocycles. The smallest absolute Gasteiger partial charge is 0.358 e. The van der Waals surface area contributed by atoms with Gasteiger partial charge in [-0.1, -0.05) is 23.2 Å². The van der Waals surface area contributed by atoms with Crippen molar-refractivity contribution in [1.82, 2.24) is 4.98 Å². The first-order valence-corrected chi connectivity index (χ1v) is 5.03. The van der Waals surface area contributed by atoms with Gasteiger partial charge in [-0.3, -0.25) is 0 Å². The quantitative estimate of drug-likeness (QED) is 0.789. The maximum Gasteiger partial charge on any atom is 0.358 e. The second kappa shape index (κ2) is 5.41. The summed E-state index contributed by atoms with van der Waals surface area (Å²) in [6.45, 7) is 1.68. The SMILES string of the molecule is CCOC(=O)c1ncc(Cl)c(C(F)F)c1Cl. The third kappa shape index (κ3) is 2.59. The molecule has 0 aliphatic heterocycles. The second-order valence-electron chi connectivity index (χ2n) is 2.70. The molecule has 1 heterocycles. The third-order valence-corrected chi connectivity index (χ3v) is 2.38. The summed E-state index contributed by atoms with van der Waals surface area (Å²) in [5, 5.41) is -0.756. The number of ether oxygens (including phenoxy) is 1. The van der Waals surface area contributed by atoms with Crippen molar-refractivity contribution in [2.24, 2.45) is 0 Å². The van der Waals surface area contributed by atoms with Crippen LogP contribution in [0.4, 0.5) is 8.78 Å². The Morgan fingerprint density at radius 1 is 1.56 bits per heavy atom. The molecule has 0 amide bonds. The molecule has 1 rings (SSSR count). The summed E-state index contributed by atoms with van der Waals surface area (Å²) in [6, 6.07) is 0. The Morgan fingerprint density at radius 2 is 2.19 bits per heavy atom. The van der Waals surface area contributed by atoms with E-state index in [1.165, 1.54) is 0 Å². The minimum absolute atomic E-state index is 0.101. The van der Waals surface area contributed by atoms with Gasteiger partial charge >= 0.3 is 5.97 Å². The number of halogens is 4. The zero-order valence-corrected chi connectivity index (χ0v) is 9.65. The Hall–Kier alpha value is -0.940. The van der Waals surface area contributed by atoms with Crippen molar-refractivity contribution in [3.05, 3.63) is 27.5 Å². The highest BCUT2D eigenvalue weighted by atomic mass is 35.5. The molecular formula is C9H7Cl2F2NO2. The fraction of sp³-hybridized carbons (Fsp3) is 0.333. The van der Waals surface area contributed by atoms with Gasteiger partial charge in [0, 0.05) is 6.20 Å². The van der Waals surface area contributed by atoms with Crippen LogP contribution in [0.15, 0.2) is 6.20 Å². The number of nitrogens with zero attached hydrogens (tertiary/aromatic N) is 1. The number of aromatic nitrogens is 1. The van der Waals surface area contributed by atoms with Gasteiger partial charge in [-0.2, -0.15) is 0 Å². The van der Waals surface area contributed by atoms with Gasteiger partial charge < -0.3 is 4.74 Å². The van der Waals surface area contributed by atoms with E-state index >= 15 is 0 Å². The largest absolute Gasteiger partial charge is 0.461 e. The minimum atomic E-state index is -2.88. The summed E-state index contributed by atoms with van der Waals surface area (Å²) in [7, 11) is 0. The van der Waals surface area contributed by atoms with Crippen molar-refractivity contribution in [2.45, 2.75) is 13.3 Å². The van der Waals surface area contributed by atoms with Crippen LogP contribution in [0.1, 0.15) is 29.4 Å². The first kappa shape index (κ1) is 13.1. The third-order valence-electron chi connectivity index (χ3n) is 1.70. The van der Waals surface area contributed by atoms with E-state index in [1.807, 2.05) is 0 Å². The van der Waals surface area contributed by atoms with Crippen LogP contribution in [0.25, 0.3) is 0 Å². The lowest BCUT2D eigenvalue weighted by atomic mass is 10.2. The number of pyridine rings is 1. The number of carbonyl (C=O) groups is 1. The Labute approximate surface area is 100 Å². The van der Waals surface area contributed by atoms with Crippen LogP contribution < -0.4 is 0 Å². The normalized spacial score (nSPS) is 10.6. The van der Waals surface area contributed by atoms with Crippen molar-refractivity contribution in [3.63, 3.8) is 0 Å². The molecule has 0 fully saturated rings. The highest BCUT2D eigenvalue weighted by Crippen LogP contribution is 2.34. The summed E-state index contributed by atoms with van der Waals surface area (Å²) >= 11 is 11.1. The lowest BCUT2D eigenvalue weighted by Gasteiger charge is -2.08. The Bertz CT molecular complexity index is 413. The molecule has 0 aliphatic carbocycles. The zero-order chi connectivity index (χ0) is 12.3. The predicted molar refractivity (Wildman–Crippen MR) is 55.2 cm³/mol. The van der Waals surface area contributed by atoms with E-state index in [9.17, 15) is 13.6 Å².